The summed E-state index contributed by atoms with van der Waals surface area (Å²) >= 11 is 0. The maximum absolute atomic E-state index is 14.3. The smallest absolute Gasteiger partial charge is 0.341 e. The van der Waals surface area contributed by atoms with Gasteiger partial charge in [-0.05, 0) is 29.8 Å². The zero-order valence-corrected chi connectivity index (χ0v) is 14.3. The number of benzene rings is 2. The topological polar surface area (TPSA) is 62.5 Å². The number of aromatic carboxylic acids is 1. The van der Waals surface area contributed by atoms with Crippen LogP contribution in [0.4, 0.5) is 10.1 Å². The first-order valence-corrected chi connectivity index (χ1v) is 7.91. The van der Waals surface area contributed by atoms with Crippen LogP contribution < -0.4 is 10.3 Å². The number of halogens is 1. The van der Waals surface area contributed by atoms with Crippen molar-refractivity contribution in [2.75, 3.05) is 19.0 Å². The molecule has 1 heterocycles. The number of pyridine rings is 1. The molecule has 0 amide bonds. The summed E-state index contributed by atoms with van der Waals surface area (Å²) in [6, 6.07) is 14.6. The van der Waals surface area contributed by atoms with Gasteiger partial charge in [0.25, 0.3) is 0 Å². The molecule has 5 nitrogen and oxygen atoms in total. The Morgan fingerprint density at radius 2 is 1.73 bits per heavy atom. The number of carbonyl (C=O) groups is 1. The third-order valence-corrected chi connectivity index (χ3v) is 4.07. The van der Waals surface area contributed by atoms with E-state index in [9.17, 15) is 19.1 Å². The van der Waals surface area contributed by atoms with Crippen molar-refractivity contribution in [2.24, 2.45) is 0 Å². The Bertz CT molecular complexity index is 1020. The Labute approximate surface area is 149 Å². The summed E-state index contributed by atoms with van der Waals surface area (Å²) in [7, 11) is 3.82. The molecule has 26 heavy (non-hydrogen) atoms. The molecule has 0 bridgehead atoms. The summed E-state index contributed by atoms with van der Waals surface area (Å²) in [5.41, 5.74) is 1.18. The van der Waals surface area contributed by atoms with Gasteiger partial charge in [-0.25, -0.2) is 9.18 Å². The average molecular weight is 352 g/mol. The minimum Gasteiger partial charge on any atom is -0.477 e. The summed E-state index contributed by atoms with van der Waals surface area (Å²) in [6.07, 6.45) is 1.16. The van der Waals surface area contributed by atoms with E-state index in [-0.39, 0.29) is 5.69 Å². The van der Waals surface area contributed by atoms with Gasteiger partial charge in [0.15, 0.2) is 5.43 Å². The van der Waals surface area contributed by atoms with Gasteiger partial charge in [-0.3, -0.25) is 4.79 Å². The van der Waals surface area contributed by atoms with Crippen LogP contribution in [-0.4, -0.2) is 29.7 Å². The summed E-state index contributed by atoms with van der Waals surface area (Å²) in [5.74, 6) is -1.87. The first-order valence-electron chi connectivity index (χ1n) is 7.91. The van der Waals surface area contributed by atoms with Gasteiger partial charge in [-0.15, -0.1) is 0 Å². The Morgan fingerprint density at radius 1 is 1.08 bits per heavy atom. The van der Waals surface area contributed by atoms with Crippen molar-refractivity contribution in [1.29, 1.82) is 0 Å². The van der Waals surface area contributed by atoms with E-state index in [4.69, 9.17) is 0 Å². The van der Waals surface area contributed by atoms with Crippen LogP contribution in [0.5, 0.6) is 0 Å². The number of nitrogens with zero attached hydrogens (tertiary/aromatic N) is 2. The van der Waals surface area contributed by atoms with Crippen LogP contribution in [0.15, 0.2) is 65.6 Å². The first-order chi connectivity index (χ1) is 12.4. The van der Waals surface area contributed by atoms with Gasteiger partial charge in [-0.1, -0.05) is 24.3 Å². The van der Waals surface area contributed by atoms with E-state index in [0.29, 0.717) is 11.3 Å². The monoisotopic (exact) mass is 352 g/mol. The Hall–Kier alpha value is -3.41. The van der Waals surface area contributed by atoms with Gasteiger partial charge >= 0.3 is 5.97 Å². The van der Waals surface area contributed by atoms with E-state index in [2.05, 4.69) is 0 Å². The van der Waals surface area contributed by atoms with E-state index in [1.54, 1.807) is 12.1 Å². The number of hydrogen-bond donors (Lipinski definition) is 1. The SMILES string of the molecule is CN(C)c1ccc(-c2cc(=O)c(C(=O)O)cn2-c2ccccc2F)cc1. The van der Waals surface area contributed by atoms with Crippen LogP contribution >= 0.6 is 0 Å². The number of aromatic nitrogens is 1. The highest BCUT2D eigenvalue weighted by Crippen LogP contribution is 2.26. The van der Waals surface area contributed by atoms with Crippen LogP contribution in [-0.2, 0) is 0 Å². The third-order valence-electron chi connectivity index (χ3n) is 4.07. The average Bonchev–Trinajstić information content (AvgIpc) is 2.62. The lowest BCUT2D eigenvalue weighted by Crippen LogP contribution is -2.18. The van der Waals surface area contributed by atoms with Crippen LogP contribution in [0.2, 0.25) is 0 Å². The molecule has 1 N–H and O–H groups in total. The maximum Gasteiger partial charge on any atom is 0.341 e. The van der Waals surface area contributed by atoms with E-state index in [0.717, 1.165) is 11.9 Å². The van der Waals surface area contributed by atoms with Gasteiger partial charge in [0.05, 0.1) is 11.4 Å². The summed E-state index contributed by atoms with van der Waals surface area (Å²) in [6.45, 7) is 0. The van der Waals surface area contributed by atoms with E-state index in [1.165, 1.54) is 22.8 Å². The molecule has 0 radical (unpaired) electrons. The first kappa shape index (κ1) is 17.4. The van der Waals surface area contributed by atoms with Crippen LogP contribution in [0, 0.1) is 5.82 Å². The van der Waals surface area contributed by atoms with E-state index >= 15 is 0 Å². The molecule has 0 saturated carbocycles. The molecule has 0 spiro atoms. The number of para-hydroxylation sites is 1. The fraction of sp³-hybridized carbons (Fsp3) is 0.100. The van der Waals surface area contributed by atoms with Crippen LogP contribution in [0.25, 0.3) is 16.9 Å². The largest absolute Gasteiger partial charge is 0.477 e. The molecule has 3 rings (SSSR count). The van der Waals surface area contributed by atoms with Gasteiger partial charge in [0.2, 0.25) is 0 Å². The molecule has 2 aromatic carbocycles. The summed E-state index contributed by atoms with van der Waals surface area (Å²) < 4.78 is 15.7. The predicted molar refractivity (Wildman–Crippen MR) is 98.7 cm³/mol. The van der Waals surface area contributed by atoms with Gasteiger partial charge in [-0.2, -0.15) is 0 Å². The Morgan fingerprint density at radius 3 is 2.31 bits per heavy atom. The highest BCUT2D eigenvalue weighted by atomic mass is 19.1. The van der Waals surface area contributed by atoms with Crippen molar-refractivity contribution in [1.82, 2.24) is 4.57 Å². The molecule has 3 aromatic rings. The third kappa shape index (κ3) is 3.21. The molecule has 0 aliphatic heterocycles. The summed E-state index contributed by atoms with van der Waals surface area (Å²) in [4.78, 5) is 25.5. The molecular weight excluding hydrogens is 335 g/mol. The highest BCUT2D eigenvalue weighted by Gasteiger charge is 2.16. The normalized spacial score (nSPS) is 10.6. The standard InChI is InChI=1S/C20H17FN2O3/c1-22(2)14-9-7-13(8-10-14)18-11-19(24)15(20(25)26)12-23(18)17-6-4-3-5-16(17)21/h3-12H,1-2H3,(H,25,26). The Balaban J connectivity index is 2.27. The molecule has 6 heteroatoms. The second-order valence-electron chi connectivity index (χ2n) is 6.00. The van der Waals surface area contributed by atoms with Gasteiger partial charge < -0.3 is 14.6 Å². The molecule has 0 atom stereocenters. The fourth-order valence-corrected chi connectivity index (χ4v) is 2.69. The second kappa shape index (κ2) is 6.84. The quantitative estimate of drug-likeness (QED) is 0.782. The molecule has 0 saturated heterocycles. The second-order valence-corrected chi connectivity index (χ2v) is 6.00. The fourth-order valence-electron chi connectivity index (χ4n) is 2.69. The highest BCUT2D eigenvalue weighted by molar-refractivity contribution is 5.87. The number of carboxylic acids is 1. The predicted octanol–water partition coefficient (Wildman–Crippen LogP) is 3.41. The summed E-state index contributed by atoms with van der Waals surface area (Å²) in [5, 5.41) is 9.25. The zero-order chi connectivity index (χ0) is 18.8. The Kier molecular flexibility index (Phi) is 4.58. The molecule has 1 aromatic heterocycles. The minimum atomic E-state index is -1.35. The van der Waals surface area contributed by atoms with Crippen molar-refractivity contribution in [3.05, 3.63) is 82.4 Å². The molecule has 0 unspecified atom stereocenters. The number of carboxylic acid groups (broad SMARTS) is 1. The van der Waals surface area contributed by atoms with Crippen LogP contribution in [0.1, 0.15) is 10.4 Å². The van der Waals surface area contributed by atoms with E-state index in [1.807, 2.05) is 43.3 Å². The van der Waals surface area contributed by atoms with Gasteiger partial charge in [0.1, 0.15) is 11.4 Å². The number of hydrogen-bond acceptors (Lipinski definition) is 3. The van der Waals surface area contributed by atoms with Crippen molar-refractivity contribution in [2.45, 2.75) is 0 Å². The molecule has 0 aliphatic carbocycles. The molecule has 0 fully saturated rings. The molecule has 0 aliphatic rings. The lowest BCUT2D eigenvalue weighted by atomic mass is 10.1. The van der Waals surface area contributed by atoms with Crippen LogP contribution in [0.3, 0.4) is 0 Å². The van der Waals surface area contributed by atoms with Crippen molar-refractivity contribution in [3.8, 4) is 16.9 Å². The van der Waals surface area contributed by atoms with Crippen molar-refractivity contribution < 1.29 is 14.3 Å². The lowest BCUT2D eigenvalue weighted by Gasteiger charge is -2.17. The number of anilines is 1. The van der Waals surface area contributed by atoms with Crippen molar-refractivity contribution >= 4 is 11.7 Å². The van der Waals surface area contributed by atoms with Crippen molar-refractivity contribution in [3.63, 3.8) is 0 Å². The molecular formula is C20H17FN2O3. The maximum atomic E-state index is 14.3. The minimum absolute atomic E-state index is 0.168. The zero-order valence-electron chi connectivity index (χ0n) is 14.3. The number of rotatable bonds is 4. The lowest BCUT2D eigenvalue weighted by molar-refractivity contribution is 0.0695. The molecule has 132 valence electrons. The van der Waals surface area contributed by atoms with E-state index < -0.39 is 22.8 Å². The van der Waals surface area contributed by atoms with Gasteiger partial charge in [0, 0.05) is 32.0 Å².